The molecule has 0 spiro atoms. The minimum atomic E-state index is -4.22. The molecule has 1 aromatic rings. The van der Waals surface area contributed by atoms with Crippen LogP contribution < -0.4 is 5.56 Å². The van der Waals surface area contributed by atoms with Gasteiger partial charge in [-0.1, -0.05) is 12.0 Å². The Balaban J connectivity index is 1.81. The van der Waals surface area contributed by atoms with Crippen LogP contribution in [0.15, 0.2) is 34.5 Å². The topological polar surface area (TPSA) is 132 Å². The maximum absolute atomic E-state index is 15.4. The van der Waals surface area contributed by atoms with Gasteiger partial charge in [-0.2, -0.15) is 0 Å². The summed E-state index contributed by atoms with van der Waals surface area (Å²) in [5.41, 5.74) is -0.164. The summed E-state index contributed by atoms with van der Waals surface area (Å²) in [6, 6.07) is 0. The fourth-order valence-electron chi connectivity index (χ4n) is 2.90. The van der Waals surface area contributed by atoms with Crippen LogP contribution in [0.5, 0.6) is 0 Å². The van der Waals surface area contributed by atoms with Crippen molar-refractivity contribution in [1.82, 2.24) is 9.55 Å². The lowest BCUT2D eigenvalue weighted by Gasteiger charge is -2.28. The average Bonchev–Trinajstić information content (AvgIpc) is 2.95. The summed E-state index contributed by atoms with van der Waals surface area (Å²) in [5.74, 6) is -0.645. The summed E-state index contributed by atoms with van der Waals surface area (Å²) >= 11 is 5.00. The lowest BCUT2D eigenvalue weighted by Crippen LogP contribution is -2.43. The van der Waals surface area contributed by atoms with Crippen molar-refractivity contribution < 1.29 is 37.5 Å². The van der Waals surface area contributed by atoms with E-state index in [0.29, 0.717) is 5.57 Å². The highest BCUT2D eigenvalue weighted by atomic mass is 32.1. The van der Waals surface area contributed by atoms with Gasteiger partial charge in [-0.05, 0) is 37.7 Å². The molecule has 0 aliphatic carbocycles. The molecule has 0 saturated carbocycles. The van der Waals surface area contributed by atoms with Gasteiger partial charge in [-0.15, -0.1) is 6.42 Å². The molecule has 0 aromatic carbocycles. The number of hydrogen-bond acceptors (Lipinski definition) is 9. The molecule has 2 aliphatic heterocycles. The zero-order valence-electron chi connectivity index (χ0n) is 16.5. The number of phosphoric acid groups is 1. The molecule has 0 bridgehead atoms. The zero-order valence-corrected chi connectivity index (χ0v) is 18.2. The van der Waals surface area contributed by atoms with E-state index >= 15 is 4.39 Å². The molecule has 0 radical (unpaired) electrons. The van der Waals surface area contributed by atoms with E-state index in [4.69, 9.17) is 36.9 Å². The summed E-state index contributed by atoms with van der Waals surface area (Å²) in [5, 5.41) is 20.6. The van der Waals surface area contributed by atoms with Gasteiger partial charge in [0.2, 0.25) is 0 Å². The second-order valence-corrected chi connectivity index (χ2v) is 8.79. The van der Waals surface area contributed by atoms with Gasteiger partial charge in [0.05, 0.1) is 6.61 Å². The lowest BCUT2D eigenvalue weighted by molar-refractivity contribution is -0.205. The fraction of sp³-hybridized carbons (Fsp3) is 0.444. The van der Waals surface area contributed by atoms with Gasteiger partial charge in [0.1, 0.15) is 30.1 Å². The van der Waals surface area contributed by atoms with E-state index in [1.807, 2.05) is 0 Å². The summed E-state index contributed by atoms with van der Waals surface area (Å²) in [6.07, 6.45) is 4.00. The summed E-state index contributed by atoms with van der Waals surface area (Å²) in [6.45, 7) is 2.24. The normalized spacial score (nSPS) is 33.5. The number of alkyl halides is 1. The predicted molar refractivity (Wildman–Crippen MR) is 108 cm³/mol. The highest BCUT2D eigenvalue weighted by Gasteiger charge is 2.57. The van der Waals surface area contributed by atoms with Gasteiger partial charge in [0.25, 0.3) is 11.4 Å². The van der Waals surface area contributed by atoms with Crippen LogP contribution in [-0.4, -0.2) is 51.0 Å². The zero-order chi connectivity index (χ0) is 23.0. The molecule has 3 rings (SSSR count). The van der Waals surface area contributed by atoms with E-state index in [-0.39, 0.29) is 22.7 Å². The quantitative estimate of drug-likeness (QED) is 0.332. The molecular formula is C18H20FN2O8PS. The summed E-state index contributed by atoms with van der Waals surface area (Å²) in [4.78, 5) is 14.0. The third-order valence-corrected chi connectivity index (χ3v) is 6.20. The Morgan fingerprint density at radius 2 is 2.29 bits per heavy atom. The minimum Gasteiger partial charge on any atom is -0.404 e. The number of halogens is 1. The fourth-order valence-corrected chi connectivity index (χ4v) is 4.47. The van der Waals surface area contributed by atoms with Crippen molar-refractivity contribution in [3.05, 3.63) is 50.4 Å². The van der Waals surface area contributed by atoms with E-state index < -0.39 is 44.3 Å². The minimum absolute atomic E-state index is 0.0771. The molecular weight excluding hydrogens is 454 g/mol. The number of nitrogens with zero attached hydrogens (tertiary/aromatic N) is 1. The second kappa shape index (κ2) is 8.80. The van der Waals surface area contributed by atoms with E-state index in [0.717, 1.165) is 10.8 Å². The average molecular weight is 474 g/mol. The third-order valence-electron chi connectivity index (χ3n) is 4.58. The molecule has 2 aliphatic rings. The molecule has 10 nitrogen and oxygen atoms in total. The van der Waals surface area contributed by atoms with Crippen LogP contribution in [0.25, 0.3) is 0 Å². The number of allylic oxidation sites excluding steroid dienone is 2. The molecule has 3 heterocycles. The van der Waals surface area contributed by atoms with Crippen LogP contribution >= 0.6 is 20.0 Å². The van der Waals surface area contributed by atoms with Crippen molar-refractivity contribution in [2.45, 2.75) is 38.1 Å². The number of rotatable bonds is 5. The Labute approximate surface area is 181 Å². The van der Waals surface area contributed by atoms with Crippen molar-refractivity contribution >= 4 is 20.0 Å². The molecule has 1 aromatic heterocycles. The smallest absolute Gasteiger partial charge is 0.404 e. The van der Waals surface area contributed by atoms with Crippen molar-refractivity contribution in [2.24, 2.45) is 0 Å². The number of aromatic nitrogens is 2. The summed E-state index contributed by atoms with van der Waals surface area (Å²) in [7, 11) is -4.22. The Bertz CT molecular complexity index is 1140. The van der Waals surface area contributed by atoms with Crippen molar-refractivity contribution in [3.8, 4) is 12.3 Å². The number of ether oxygens (including phenoxy) is 1. The Kier molecular flexibility index (Phi) is 6.69. The first-order chi connectivity index (χ1) is 14.5. The Morgan fingerprint density at radius 1 is 1.58 bits per heavy atom. The van der Waals surface area contributed by atoms with Gasteiger partial charge < -0.3 is 19.5 Å². The van der Waals surface area contributed by atoms with Gasteiger partial charge >= 0.3 is 7.82 Å². The SMILES string of the molecule is C#Cc1cn([C@@H]2O[C@](F)(COP3(=O)OCC(C)=C(/C=C\C)O3)[C@@H](O)[C@H]2O)c(=S)[nH]c1=O. The van der Waals surface area contributed by atoms with E-state index in [9.17, 15) is 19.6 Å². The molecule has 31 heavy (non-hydrogen) atoms. The Hall–Kier alpha value is -2.10. The molecule has 5 atom stereocenters. The monoisotopic (exact) mass is 474 g/mol. The number of aromatic amines is 1. The van der Waals surface area contributed by atoms with Crippen LogP contribution in [0.4, 0.5) is 4.39 Å². The number of H-pyrrole nitrogens is 1. The van der Waals surface area contributed by atoms with Crippen molar-refractivity contribution in [1.29, 1.82) is 0 Å². The van der Waals surface area contributed by atoms with Crippen LogP contribution in [0.2, 0.25) is 0 Å². The first kappa shape index (κ1) is 23.6. The molecule has 1 unspecified atom stereocenters. The maximum atomic E-state index is 15.4. The number of aliphatic hydroxyl groups is 2. The van der Waals surface area contributed by atoms with Crippen LogP contribution in [0, 0.1) is 17.1 Å². The van der Waals surface area contributed by atoms with Crippen molar-refractivity contribution in [2.75, 3.05) is 13.2 Å². The van der Waals surface area contributed by atoms with Gasteiger partial charge in [0, 0.05) is 6.20 Å². The number of terminal acetylenes is 1. The molecule has 3 N–H and O–H groups in total. The third kappa shape index (κ3) is 4.58. The van der Waals surface area contributed by atoms with E-state index in [2.05, 4.69) is 10.9 Å². The highest BCUT2D eigenvalue weighted by Crippen LogP contribution is 2.56. The van der Waals surface area contributed by atoms with Crippen molar-refractivity contribution in [3.63, 3.8) is 0 Å². The molecule has 1 saturated heterocycles. The molecule has 13 heteroatoms. The first-order valence-corrected chi connectivity index (χ1v) is 10.9. The Morgan fingerprint density at radius 3 is 2.94 bits per heavy atom. The largest absolute Gasteiger partial charge is 0.530 e. The maximum Gasteiger partial charge on any atom is 0.530 e. The molecule has 0 amide bonds. The number of aliphatic hydroxyl groups excluding tert-OH is 2. The van der Waals surface area contributed by atoms with Crippen LogP contribution in [-0.2, 0) is 22.9 Å². The van der Waals surface area contributed by atoms with Crippen LogP contribution in [0.1, 0.15) is 25.6 Å². The highest BCUT2D eigenvalue weighted by molar-refractivity contribution is 7.71. The van der Waals surface area contributed by atoms with Gasteiger partial charge in [0.15, 0.2) is 11.0 Å². The molecule has 168 valence electrons. The van der Waals surface area contributed by atoms with Crippen LogP contribution in [0.3, 0.4) is 0 Å². The lowest BCUT2D eigenvalue weighted by atomic mass is 10.1. The number of phosphoric ester groups is 1. The standard InChI is InChI=1S/C18H20FN2O8PS/c1-4-6-12-10(3)8-26-30(25,29-12)27-9-18(19)14(23)13(22)16(28-18)21-7-11(5-2)15(24)20-17(21)31/h2,4,6-7,13-14,16,22-23H,8-9H2,1,3H3,(H,20,24,31)/b6-4-/t13-,14+,16-,18-,30?/m1/s1. The first-order valence-electron chi connectivity index (χ1n) is 8.99. The van der Waals surface area contributed by atoms with Gasteiger partial charge in [-0.25, -0.2) is 8.96 Å². The van der Waals surface area contributed by atoms with E-state index in [1.54, 1.807) is 26.0 Å². The number of nitrogens with one attached hydrogen (secondary N) is 1. The number of hydrogen-bond donors (Lipinski definition) is 3. The predicted octanol–water partition coefficient (Wildman–Crippen LogP) is 1.83. The second-order valence-electron chi connectivity index (χ2n) is 6.81. The summed E-state index contributed by atoms with van der Waals surface area (Å²) < 4.78 is 49.3. The van der Waals surface area contributed by atoms with E-state index in [1.165, 1.54) is 0 Å². The van der Waals surface area contributed by atoms with Gasteiger partial charge in [-0.3, -0.25) is 23.4 Å². The molecule has 1 fully saturated rings.